The van der Waals surface area contributed by atoms with Crippen LogP contribution in [0.3, 0.4) is 0 Å². The van der Waals surface area contributed by atoms with Crippen LogP contribution in [-0.2, 0) is 14.8 Å². The molecule has 178 valence electrons. The number of carbonyl (C=O) groups is 2. The van der Waals surface area contributed by atoms with Gasteiger partial charge in [-0.3, -0.25) is 25.2 Å². The van der Waals surface area contributed by atoms with Gasteiger partial charge in [-0.2, -0.15) is 0 Å². The zero-order valence-electron chi connectivity index (χ0n) is 17.7. The highest BCUT2D eigenvalue weighted by molar-refractivity contribution is 7.92. The van der Waals surface area contributed by atoms with Crippen molar-refractivity contribution in [2.45, 2.75) is 4.90 Å². The summed E-state index contributed by atoms with van der Waals surface area (Å²) in [5, 5.41) is 0. The van der Waals surface area contributed by atoms with Crippen LogP contribution in [0.1, 0.15) is 10.4 Å². The molecule has 0 radical (unpaired) electrons. The van der Waals surface area contributed by atoms with Crippen molar-refractivity contribution in [1.82, 2.24) is 10.9 Å². The first-order valence-electron chi connectivity index (χ1n) is 9.62. The van der Waals surface area contributed by atoms with Gasteiger partial charge in [-0.05, 0) is 54.6 Å². The second-order valence-electron chi connectivity index (χ2n) is 6.73. The minimum absolute atomic E-state index is 0.0524. The van der Waals surface area contributed by atoms with E-state index in [1.165, 1.54) is 37.4 Å². The third-order valence-electron chi connectivity index (χ3n) is 4.32. The molecule has 0 aromatic heterocycles. The monoisotopic (exact) mass is 491 g/mol. The molecule has 0 aliphatic rings. The van der Waals surface area contributed by atoms with Crippen LogP contribution >= 0.6 is 0 Å². The Hall–Kier alpha value is -4.19. The van der Waals surface area contributed by atoms with Crippen molar-refractivity contribution in [3.05, 3.63) is 83.9 Å². The number of amides is 2. The third-order valence-corrected chi connectivity index (χ3v) is 5.70. The van der Waals surface area contributed by atoms with Crippen molar-refractivity contribution < 1.29 is 36.3 Å². The number of methoxy groups -OCH3 is 1. The lowest BCUT2D eigenvalue weighted by molar-refractivity contribution is -0.123. The molecule has 2 amide bonds. The van der Waals surface area contributed by atoms with Gasteiger partial charge in [-0.1, -0.05) is 6.07 Å². The number of halogens is 2. The molecule has 3 N–H and O–H groups in total. The number of ether oxygens (including phenoxy) is 2. The second-order valence-corrected chi connectivity index (χ2v) is 8.41. The molecule has 0 saturated heterocycles. The first-order valence-corrected chi connectivity index (χ1v) is 11.1. The molecule has 0 fully saturated rings. The molecule has 0 aliphatic carbocycles. The fraction of sp³-hybridized carbons (Fsp3) is 0.0909. The van der Waals surface area contributed by atoms with Crippen LogP contribution in [-0.4, -0.2) is 33.9 Å². The number of sulfonamides is 1. The summed E-state index contributed by atoms with van der Waals surface area (Å²) in [5.41, 5.74) is 4.39. The summed E-state index contributed by atoms with van der Waals surface area (Å²) >= 11 is 0. The highest BCUT2D eigenvalue weighted by Crippen LogP contribution is 2.20. The van der Waals surface area contributed by atoms with Crippen LogP contribution in [0.5, 0.6) is 11.5 Å². The van der Waals surface area contributed by atoms with Gasteiger partial charge in [-0.15, -0.1) is 0 Å². The lowest BCUT2D eigenvalue weighted by atomic mass is 10.2. The molecule has 0 atom stereocenters. The Kier molecular flexibility index (Phi) is 7.64. The molecule has 0 aliphatic heterocycles. The minimum atomic E-state index is -4.01. The van der Waals surface area contributed by atoms with Crippen molar-refractivity contribution in [1.29, 1.82) is 0 Å². The second kappa shape index (κ2) is 10.6. The molecule has 0 heterocycles. The van der Waals surface area contributed by atoms with Crippen LogP contribution in [0, 0.1) is 11.6 Å². The summed E-state index contributed by atoms with van der Waals surface area (Å²) in [5.74, 6) is -3.21. The normalized spacial score (nSPS) is 10.8. The summed E-state index contributed by atoms with van der Waals surface area (Å²) in [4.78, 5) is 24.0. The Morgan fingerprint density at radius 2 is 1.68 bits per heavy atom. The van der Waals surface area contributed by atoms with Gasteiger partial charge in [0.1, 0.15) is 11.6 Å². The van der Waals surface area contributed by atoms with Crippen molar-refractivity contribution in [2.24, 2.45) is 0 Å². The average Bonchev–Trinajstić information content (AvgIpc) is 2.82. The van der Waals surface area contributed by atoms with Crippen LogP contribution < -0.4 is 25.0 Å². The number of hydrogen-bond acceptors (Lipinski definition) is 6. The molecule has 0 bridgehead atoms. The van der Waals surface area contributed by atoms with Gasteiger partial charge in [0.15, 0.2) is 18.2 Å². The first-order chi connectivity index (χ1) is 16.2. The number of carbonyl (C=O) groups excluding carboxylic acids is 2. The zero-order valence-corrected chi connectivity index (χ0v) is 18.5. The molecular weight excluding hydrogens is 472 g/mol. The number of hydrogen-bond donors (Lipinski definition) is 3. The number of rotatable bonds is 8. The molecular formula is C22H19F2N3O6S. The maximum Gasteiger partial charge on any atom is 0.276 e. The summed E-state index contributed by atoms with van der Waals surface area (Å²) in [6.07, 6.45) is 0. The molecule has 9 nitrogen and oxygen atoms in total. The van der Waals surface area contributed by atoms with Crippen molar-refractivity contribution in [2.75, 3.05) is 18.4 Å². The number of nitrogens with one attached hydrogen (secondary N) is 3. The lowest BCUT2D eigenvalue weighted by Crippen LogP contribution is -2.43. The van der Waals surface area contributed by atoms with E-state index in [2.05, 4.69) is 15.6 Å². The van der Waals surface area contributed by atoms with Crippen molar-refractivity contribution >= 4 is 27.5 Å². The summed E-state index contributed by atoms with van der Waals surface area (Å²) in [6.45, 7) is -0.664. The SMILES string of the molecule is COc1ccc(NS(=O)(=O)c2cccc(C(=O)NNC(=O)COc3ccc(F)cc3F)c2)cc1. The molecule has 3 aromatic carbocycles. The smallest absolute Gasteiger partial charge is 0.276 e. The Morgan fingerprint density at radius 1 is 0.941 bits per heavy atom. The van der Waals surface area contributed by atoms with E-state index < -0.39 is 40.1 Å². The predicted octanol–water partition coefficient (Wildman–Crippen LogP) is 2.61. The van der Waals surface area contributed by atoms with Gasteiger partial charge >= 0.3 is 0 Å². The predicted molar refractivity (Wildman–Crippen MR) is 118 cm³/mol. The maximum atomic E-state index is 13.5. The van der Waals surface area contributed by atoms with Gasteiger partial charge in [0.05, 0.1) is 12.0 Å². The van der Waals surface area contributed by atoms with E-state index in [1.54, 1.807) is 12.1 Å². The minimum Gasteiger partial charge on any atom is -0.497 e. The van der Waals surface area contributed by atoms with Crippen molar-refractivity contribution in [3.63, 3.8) is 0 Å². The highest BCUT2D eigenvalue weighted by Gasteiger charge is 2.17. The fourth-order valence-electron chi connectivity index (χ4n) is 2.65. The highest BCUT2D eigenvalue weighted by atomic mass is 32.2. The summed E-state index contributed by atoms with van der Waals surface area (Å²) in [6, 6.07) is 13.9. The van der Waals surface area contributed by atoms with E-state index in [-0.39, 0.29) is 16.2 Å². The van der Waals surface area contributed by atoms with Crippen molar-refractivity contribution in [3.8, 4) is 11.5 Å². The standard InChI is InChI=1S/C22H19F2N3O6S/c1-32-17-8-6-16(7-9-17)27-34(30,31)18-4-2-3-14(11-18)22(29)26-25-21(28)13-33-20-10-5-15(23)12-19(20)24/h2-12,27H,13H2,1H3,(H,25,28)(H,26,29). The van der Waals surface area contributed by atoms with Gasteiger partial charge < -0.3 is 9.47 Å². The Bertz CT molecular complexity index is 1300. The molecule has 0 spiro atoms. The number of benzene rings is 3. The van der Waals surface area contributed by atoms with Gasteiger partial charge in [0, 0.05) is 17.3 Å². The van der Waals surface area contributed by atoms with Crippen LogP contribution in [0.4, 0.5) is 14.5 Å². The van der Waals surface area contributed by atoms with Gasteiger partial charge in [-0.25, -0.2) is 17.2 Å². The Labute approximate surface area is 193 Å². The third kappa shape index (κ3) is 6.42. The molecule has 3 aromatic rings. The average molecular weight is 491 g/mol. The van der Waals surface area contributed by atoms with Gasteiger partial charge in [0.25, 0.3) is 21.8 Å². The van der Waals surface area contributed by atoms with E-state index >= 15 is 0 Å². The zero-order chi connectivity index (χ0) is 24.7. The molecule has 34 heavy (non-hydrogen) atoms. The molecule has 0 saturated carbocycles. The Balaban J connectivity index is 1.58. The molecule has 0 unspecified atom stereocenters. The lowest BCUT2D eigenvalue weighted by Gasteiger charge is -2.11. The summed E-state index contributed by atoms with van der Waals surface area (Å²) in [7, 11) is -2.52. The van der Waals surface area contributed by atoms with E-state index in [0.29, 0.717) is 17.5 Å². The molecule has 3 rings (SSSR count). The largest absolute Gasteiger partial charge is 0.497 e. The Morgan fingerprint density at radius 3 is 2.35 bits per heavy atom. The number of anilines is 1. The van der Waals surface area contributed by atoms with Gasteiger partial charge in [0.2, 0.25) is 0 Å². The first kappa shape index (κ1) is 24.5. The van der Waals surface area contributed by atoms with E-state index in [9.17, 15) is 26.8 Å². The summed E-state index contributed by atoms with van der Waals surface area (Å²) < 4.78 is 64.0. The quantitative estimate of drug-likeness (QED) is 0.417. The fourth-order valence-corrected chi connectivity index (χ4v) is 3.75. The van der Waals surface area contributed by atoms with Crippen LogP contribution in [0.2, 0.25) is 0 Å². The topological polar surface area (TPSA) is 123 Å². The van der Waals surface area contributed by atoms with Crippen LogP contribution in [0.15, 0.2) is 71.6 Å². The maximum absolute atomic E-state index is 13.5. The van der Waals surface area contributed by atoms with E-state index in [1.807, 2.05) is 0 Å². The molecule has 12 heteroatoms. The van der Waals surface area contributed by atoms with Crippen LogP contribution in [0.25, 0.3) is 0 Å². The van der Waals surface area contributed by atoms with E-state index in [4.69, 9.17) is 9.47 Å². The number of hydrazine groups is 1. The van der Waals surface area contributed by atoms with E-state index in [0.717, 1.165) is 18.2 Å².